The summed E-state index contributed by atoms with van der Waals surface area (Å²) in [4.78, 5) is 32.4. The molecule has 9 heteroatoms. The van der Waals surface area contributed by atoms with Gasteiger partial charge in [-0.3, -0.25) is 14.5 Å². The minimum absolute atomic E-state index is 0.143. The van der Waals surface area contributed by atoms with Crippen molar-refractivity contribution in [3.8, 4) is 0 Å². The van der Waals surface area contributed by atoms with Crippen LogP contribution in [-0.4, -0.2) is 46.4 Å². The van der Waals surface area contributed by atoms with E-state index < -0.39 is 6.04 Å². The molecule has 2 amide bonds. The highest BCUT2D eigenvalue weighted by Crippen LogP contribution is 2.23. The van der Waals surface area contributed by atoms with Gasteiger partial charge in [-0.15, -0.1) is 0 Å². The van der Waals surface area contributed by atoms with E-state index in [0.717, 1.165) is 30.5 Å². The first kappa shape index (κ1) is 24.3. The summed E-state index contributed by atoms with van der Waals surface area (Å²) in [5.41, 5.74) is 7.16. The molecule has 1 saturated heterocycles. The maximum absolute atomic E-state index is 13.1. The van der Waals surface area contributed by atoms with Gasteiger partial charge in [-0.2, -0.15) is 0 Å². The molecule has 7 nitrogen and oxygen atoms in total. The van der Waals surface area contributed by atoms with Gasteiger partial charge < -0.3 is 16.4 Å². The number of rotatable bonds is 8. The van der Waals surface area contributed by atoms with Crippen LogP contribution < -0.4 is 16.4 Å². The smallest absolute Gasteiger partial charge is 0.243 e. The van der Waals surface area contributed by atoms with E-state index >= 15 is 0 Å². The van der Waals surface area contributed by atoms with Crippen LogP contribution in [0.4, 0.5) is 5.82 Å². The fourth-order valence-electron chi connectivity index (χ4n) is 3.93. The van der Waals surface area contributed by atoms with Crippen LogP contribution in [0.1, 0.15) is 37.8 Å². The first-order valence-electron chi connectivity index (χ1n) is 10.7. The summed E-state index contributed by atoms with van der Waals surface area (Å²) in [6, 6.07) is 7.83. The highest BCUT2D eigenvalue weighted by atomic mass is 35.5. The van der Waals surface area contributed by atoms with Gasteiger partial charge in [0, 0.05) is 35.2 Å². The maximum Gasteiger partial charge on any atom is 0.243 e. The third-order valence-electron chi connectivity index (χ3n) is 5.65. The normalized spacial score (nSPS) is 17.3. The molecule has 0 saturated carbocycles. The number of anilines is 1. The van der Waals surface area contributed by atoms with E-state index in [1.54, 1.807) is 36.5 Å². The number of hydrogen-bond donors (Lipinski definition) is 3. The van der Waals surface area contributed by atoms with E-state index in [1.165, 1.54) is 0 Å². The van der Waals surface area contributed by atoms with Crippen LogP contribution in [-0.2, 0) is 22.6 Å². The molecule has 2 aromatic rings. The van der Waals surface area contributed by atoms with Gasteiger partial charge in [0.05, 0.1) is 6.04 Å². The van der Waals surface area contributed by atoms with Crippen molar-refractivity contribution in [3.63, 3.8) is 0 Å². The molecule has 4 N–H and O–H groups in total. The Morgan fingerprint density at radius 1 is 1.25 bits per heavy atom. The Hall–Kier alpha value is -2.35. The minimum atomic E-state index is -0.780. The molecule has 2 atom stereocenters. The SMILES string of the molecule is CC(C)N1CCC[C@@H]1C(=O)N[C@@H](Cc1ccc(Cl)cc1Cl)C(=O)NCc1ccc(N)nc1. The van der Waals surface area contributed by atoms with Gasteiger partial charge in [-0.25, -0.2) is 4.98 Å². The molecule has 0 spiro atoms. The topological polar surface area (TPSA) is 100 Å². The van der Waals surface area contributed by atoms with Gasteiger partial charge in [0.1, 0.15) is 11.9 Å². The Morgan fingerprint density at radius 3 is 2.69 bits per heavy atom. The molecular weight excluding hydrogens is 449 g/mol. The molecule has 1 aromatic carbocycles. The zero-order chi connectivity index (χ0) is 23.3. The van der Waals surface area contributed by atoms with Crippen LogP contribution in [0.15, 0.2) is 36.5 Å². The van der Waals surface area contributed by atoms with Crippen molar-refractivity contribution in [2.24, 2.45) is 0 Å². The monoisotopic (exact) mass is 477 g/mol. The second-order valence-electron chi connectivity index (χ2n) is 8.30. The van der Waals surface area contributed by atoms with Gasteiger partial charge in [0.25, 0.3) is 0 Å². The van der Waals surface area contributed by atoms with Gasteiger partial charge >= 0.3 is 0 Å². The van der Waals surface area contributed by atoms with Crippen molar-refractivity contribution in [2.75, 3.05) is 12.3 Å². The molecule has 0 bridgehead atoms. The van der Waals surface area contributed by atoms with Crippen LogP contribution in [0.3, 0.4) is 0 Å². The standard InChI is InChI=1S/C23H29Cl2N5O2/c1-14(2)30-9-3-4-20(30)23(32)29-19(10-16-6-7-17(24)11-18(16)25)22(31)28-13-15-5-8-21(26)27-12-15/h5-8,11-12,14,19-20H,3-4,9-10,13H2,1-2H3,(H2,26,27)(H,28,31)(H,29,32)/t19-,20+/m0/s1. The van der Waals surface area contributed by atoms with Crippen molar-refractivity contribution in [1.82, 2.24) is 20.5 Å². The quantitative estimate of drug-likeness (QED) is 0.541. The molecule has 1 aliphatic rings. The zero-order valence-electron chi connectivity index (χ0n) is 18.3. The summed E-state index contributed by atoms with van der Waals surface area (Å²) in [5, 5.41) is 6.81. The maximum atomic E-state index is 13.1. The fourth-order valence-corrected chi connectivity index (χ4v) is 4.41. The molecule has 0 radical (unpaired) electrons. The van der Waals surface area contributed by atoms with E-state index in [2.05, 4.69) is 34.4 Å². The summed E-state index contributed by atoms with van der Waals surface area (Å²) >= 11 is 12.3. The average Bonchev–Trinajstić information content (AvgIpc) is 3.25. The second kappa shape index (κ2) is 11.0. The Morgan fingerprint density at radius 2 is 2.03 bits per heavy atom. The van der Waals surface area contributed by atoms with Gasteiger partial charge in [-0.05, 0) is 62.6 Å². The molecule has 0 aliphatic carbocycles. The number of pyridine rings is 1. The van der Waals surface area contributed by atoms with Crippen LogP contribution in [0.25, 0.3) is 0 Å². The number of nitrogens with one attached hydrogen (secondary N) is 2. The van der Waals surface area contributed by atoms with Crippen LogP contribution in [0, 0.1) is 0 Å². The third kappa shape index (κ3) is 6.34. The minimum Gasteiger partial charge on any atom is -0.384 e. The van der Waals surface area contributed by atoms with Crippen LogP contribution >= 0.6 is 23.2 Å². The number of nitrogen functional groups attached to an aromatic ring is 1. The van der Waals surface area contributed by atoms with Gasteiger partial charge in [0.2, 0.25) is 11.8 Å². The van der Waals surface area contributed by atoms with Crippen molar-refractivity contribution >= 4 is 40.8 Å². The Balaban J connectivity index is 1.74. The van der Waals surface area contributed by atoms with E-state index in [-0.39, 0.29) is 36.9 Å². The number of hydrogen-bond acceptors (Lipinski definition) is 5. The lowest BCUT2D eigenvalue weighted by molar-refractivity contribution is -0.131. The molecule has 2 heterocycles. The van der Waals surface area contributed by atoms with E-state index in [1.807, 2.05) is 0 Å². The highest BCUT2D eigenvalue weighted by molar-refractivity contribution is 6.35. The Kier molecular flexibility index (Phi) is 8.34. The number of benzene rings is 1. The van der Waals surface area contributed by atoms with Crippen molar-refractivity contribution in [1.29, 1.82) is 0 Å². The number of halogens is 2. The number of nitrogens with two attached hydrogens (primary N) is 1. The lowest BCUT2D eigenvalue weighted by atomic mass is 10.0. The number of aromatic nitrogens is 1. The Bertz CT molecular complexity index is 952. The predicted molar refractivity (Wildman–Crippen MR) is 127 cm³/mol. The Labute approximate surface area is 198 Å². The van der Waals surface area contributed by atoms with Crippen molar-refractivity contribution in [3.05, 3.63) is 57.7 Å². The number of amides is 2. The van der Waals surface area contributed by atoms with E-state index in [4.69, 9.17) is 28.9 Å². The predicted octanol–water partition coefficient (Wildman–Crippen LogP) is 3.19. The summed E-state index contributed by atoms with van der Waals surface area (Å²) < 4.78 is 0. The molecule has 172 valence electrons. The molecule has 32 heavy (non-hydrogen) atoms. The zero-order valence-corrected chi connectivity index (χ0v) is 19.8. The van der Waals surface area contributed by atoms with E-state index in [0.29, 0.717) is 15.9 Å². The lowest BCUT2D eigenvalue weighted by Gasteiger charge is -2.29. The van der Waals surface area contributed by atoms with Gasteiger partial charge in [-0.1, -0.05) is 35.3 Å². The fraction of sp³-hybridized carbons (Fsp3) is 0.435. The molecule has 3 rings (SSSR count). The van der Waals surface area contributed by atoms with E-state index in [9.17, 15) is 9.59 Å². The molecule has 1 fully saturated rings. The summed E-state index contributed by atoms with van der Waals surface area (Å²) in [7, 11) is 0. The molecule has 1 aliphatic heterocycles. The molecular formula is C23H29Cl2N5O2. The lowest BCUT2D eigenvalue weighted by Crippen LogP contribution is -2.53. The van der Waals surface area contributed by atoms with Crippen molar-refractivity contribution < 1.29 is 9.59 Å². The van der Waals surface area contributed by atoms with Gasteiger partial charge in [0.15, 0.2) is 0 Å². The summed E-state index contributed by atoms with van der Waals surface area (Å²) in [6.07, 6.45) is 3.59. The number of likely N-dealkylation sites (tertiary alicyclic amines) is 1. The molecule has 0 unspecified atom stereocenters. The third-order valence-corrected chi connectivity index (χ3v) is 6.23. The largest absolute Gasteiger partial charge is 0.384 e. The van der Waals surface area contributed by atoms with Crippen LogP contribution in [0.2, 0.25) is 10.0 Å². The summed E-state index contributed by atoms with van der Waals surface area (Å²) in [6.45, 7) is 5.29. The van der Waals surface area contributed by atoms with Crippen LogP contribution in [0.5, 0.6) is 0 Å². The number of carbonyl (C=O) groups excluding carboxylic acids is 2. The molecule has 1 aromatic heterocycles. The number of nitrogens with zero attached hydrogens (tertiary/aromatic N) is 2. The summed E-state index contributed by atoms with van der Waals surface area (Å²) in [5.74, 6) is -0.0280. The first-order valence-corrected chi connectivity index (χ1v) is 11.5. The first-order chi connectivity index (χ1) is 15.2. The highest BCUT2D eigenvalue weighted by Gasteiger charge is 2.34. The second-order valence-corrected chi connectivity index (χ2v) is 9.14. The number of carbonyl (C=O) groups is 2. The average molecular weight is 478 g/mol. The van der Waals surface area contributed by atoms with Crippen molar-refractivity contribution in [2.45, 2.75) is 57.8 Å².